The highest BCUT2D eigenvalue weighted by molar-refractivity contribution is 6.28. The molecule has 132 valence electrons. The molecule has 0 unspecified atom stereocenters. The van der Waals surface area contributed by atoms with Crippen LogP contribution in [0.25, 0.3) is 5.82 Å². The number of nitrogens with zero attached hydrogens (tertiary/aromatic N) is 4. The average molecular weight is 367 g/mol. The molecule has 9 heteroatoms. The molecule has 3 rings (SSSR count). The first kappa shape index (κ1) is 17.3. The topological polar surface area (TPSA) is 77.3 Å². The van der Waals surface area contributed by atoms with Crippen LogP contribution in [-0.2, 0) is 11.2 Å². The van der Waals surface area contributed by atoms with E-state index >= 15 is 0 Å². The van der Waals surface area contributed by atoms with Gasteiger partial charge in [0.2, 0.25) is 5.28 Å². The van der Waals surface area contributed by atoms with Gasteiger partial charge in [0.15, 0.2) is 11.6 Å². The number of fused-ring (bicyclic) bond motifs is 1. The summed E-state index contributed by atoms with van der Waals surface area (Å²) in [6.07, 6.45) is 3.72. The van der Waals surface area contributed by atoms with Crippen LogP contribution in [0.3, 0.4) is 0 Å². The lowest BCUT2D eigenvalue weighted by Gasteiger charge is -2.28. The first-order valence-electron chi connectivity index (χ1n) is 7.60. The van der Waals surface area contributed by atoms with E-state index in [0.717, 1.165) is 11.1 Å². The van der Waals surface area contributed by atoms with Crippen LogP contribution in [0.2, 0.25) is 5.28 Å². The fraction of sp³-hybridized carbons (Fsp3) is 0.375. The van der Waals surface area contributed by atoms with Crippen molar-refractivity contribution in [3.63, 3.8) is 0 Å². The Labute approximate surface area is 148 Å². The fourth-order valence-corrected chi connectivity index (χ4v) is 2.63. The Bertz CT molecular complexity index is 860. The smallest absolute Gasteiger partial charge is 0.417 e. The Hall–Kier alpha value is -2.48. The molecule has 2 aromatic heterocycles. The van der Waals surface area contributed by atoms with Crippen LogP contribution in [0.1, 0.15) is 36.7 Å². The number of hydrogen-bond donors (Lipinski definition) is 0. The maximum atomic E-state index is 13.9. The Morgan fingerprint density at radius 3 is 2.76 bits per heavy atom. The van der Waals surface area contributed by atoms with Gasteiger partial charge in [-0.1, -0.05) is 0 Å². The van der Waals surface area contributed by atoms with Gasteiger partial charge in [-0.15, -0.1) is 0 Å². The SMILES string of the molecule is CC(C)(C)OC(=O)N1CCc2cn(-c3nc(Cl)ncc3F)cc2C1=O. The minimum atomic E-state index is -0.704. The molecular weight excluding hydrogens is 351 g/mol. The number of carbonyl (C=O) groups excluding carboxylic acids is 2. The van der Waals surface area contributed by atoms with Crippen LogP contribution in [0.4, 0.5) is 9.18 Å². The number of halogens is 2. The maximum absolute atomic E-state index is 13.9. The van der Waals surface area contributed by atoms with Crippen molar-refractivity contribution < 1.29 is 18.7 Å². The van der Waals surface area contributed by atoms with Gasteiger partial charge in [-0.25, -0.2) is 19.1 Å². The van der Waals surface area contributed by atoms with E-state index in [1.54, 1.807) is 27.0 Å². The zero-order valence-electron chi connectivity index (χ0n) is 13.9. The number of carbonyl (C=O) groups is 2. The lowest BCUT2D eigenvalue weighted by Crippen LogP contribution is -2.44. The predicted octanol–water partition coefficient (Wildman–Crippen LogP) is 2.99. The molecule has 2 aromatic rings. The standard InChI is InChI=1S/C16H16ClFN4O3/c1-16(2,3)25-15(24)22-5-4-9-7-21(8-10(9)13(22)23)12-11(18)6-19-14(17)20-12/h6-8H,4-5H2,1-3H3. The third-order valence-corrected chi connectivity index (χ3v) is 3.73. The van der Waals surface area contributed by atoms with Crippen molar-refractivity contribution in [1.82, 2.24) is 19.4 Å². The number of rotatable bonds is 1. The number of aromatic nitrogens is 3. The molecule has 1 aliphatic heterocycles. The number of hydrogen-bond acceptors (Lipinski definition) is 5. The highest BCUT2D eigenvalue weighted by Gasteiger charge is 2.33. The Morgan fingerprint density at radius 1 is 1.36 bits per heavy atom. The summed E-state index contributed by atoms with van der Waals surface area (Å²) in [4.78, 5) is 33.2. The summed E-state index contributed by atoms with van der Waals surface area (Å²) in [6.45, 7) is 5.37. The van der Waals surface area contributed by atoms with E-state index in [0.29, 0.717) is 17.5 Å². The molecule has 0 saturated carbocycles. The zero-order valence-corrected chi connectivity index (χ0v) is 14.7. The second kappa shape index (κ2) is 6.11. The second-order valence-electron chi connectivity index (χ2n) is 6.60. The predicted molar refractivity (Wildman–Crippen MR) is 87.3 cm³/mol. The summed E-state index contributed by atoms with van der Waals surface area (Å²) in [5.41, 5.74) is 0.287. The molecule has 0 bridgehead atoms. The molecule has 0 N–H and O–H groups in total. The van der Waals surface area contributed by atoms with Gasteiger partial charge >= 0.3 is 6.09 Å². The minimum Gasteiger partial charge on any atom is -0.443 e. The lowest BCUT2D eigenvalue weighted by atomic mass is 10.1. The van der Waals surface area contributed by atoms with Gasteiger partial charge in [0, 0.05) is 18.9 Å². The van der Waals surface area contributed by atoms with E-state index in [1.807, 2.05) is 0 Å². The van der Waals surface area contributed by atoms with E-state index < -0.39 is 23.4 Å². The van der Waals surface area contributed by atoms with Crippen LogP contribution in [-0.4, -0.2) is 43.6 Å². The highest BCUT2D eigenvalue weighted by atomic mass is 35.5. The van der Waals surface area contributed by atoms with E-state index in [4.69, 9.17) is 16.3 Å². The molecule has 0 aliphatic carbocycles. The molecule has 0 radical (unpaired) electrons. The molecule has 3 heterocycles. The number of amides is 2. The fourth-order valence-electron chi connectivity index (χ4n) is 2.50. The van der Waals surface area contributed by atoms with Crippen molar-refractivity contribution in [2.45, 2.75) is 32.8 Å². The largest absolute Gasteiger partial charge is 0.443 e. The first-order chi connectivity index (χ1) is 11.7. The number of imide groups is 1. The monoisotopic (exact) mass is 366 g/mol. The minimum absolute atomic E-state index is 0.0639. The Kier molecular flexibility index (Phi) is 4.24. The van der Waals surface area contributed by atoms with E-state index in [2.05, 4.69) is 9.97 Å². The van der Waals surface area contributed by atoms with Crippen molar-refractivity contribution in [3.05, 3.63) is 40.8 Å². The Balaban J connectivity index is 1.91. The van der Waals surface area contributed by atoms with Crippen LogP contribution in [0, 0.1) is 5.82 Å². The average Bonchev–Trinajstić information content (AvgIpc) is 2.93. The van der Waals surface area contributed by atoms with Gasteiger partial charge < -0.3 is 9.30 Å². The van der Waals surface area contributed by atoms with Gasteiger partial charge in [-0.3, -0.25) is 4.79 Å². The zero-order chi connectivity index (χ0) is 18.4. The van der Waals surface area contributed by atoms with Crippen LogP contribution in [0.15, 0.2) is 18.6 Å². The summed E-state index contributed by atoms with van der Waals surface area (Å²) in [5.74, 6) is -1.23. The van der Waals surface area contributed by atoms with Crippen molar-refractivity contribution in [1.29, 1.82) is 0 Å². The van der Waals surface area contributed by atoms with E-state index in [9.17, 15) is 14.0 Å². The first-order valence-corrected chi connectivity index (χ1v) is 7.97. The molecule has 7 nitrogen and oxygen atoms in total. The molecule has 0 saturated heterocycles. The molecule has 0 spiro atoms. The molecular formula is C16H16ClFN4O3. The quantitative estimate of drug-likeness (QED) is 0.725. The van der Waals surface area contributed by atoms with Gasteiger partial charge in [-0.2, -0.15) is 4.98 Å². The van der Waals surface area contributed by atoms with Crippen molar-refractivity contribution >= 4 is 23.6 Å². The normalized spacial score (nSPS) is 14.4. The Morgan fingerprint density at radius 2 is 2.08 bits per heavy atom. The lowest BCUT2D eigenvalue weighted by molar-refractivity contribution is 0.0234. The molecule has 25 heavy (non-hydrogen) atoms. The summed E-state index contributed by atoms with van der Waals surface area (Å²) >= 11 is 5.71. The third-order valence-electron chi connectivity index (χ3n) is 3.54. The van der Waals surface area contributed by atoms with Crippen molar-refractivity contribution in [2.24, 2.45) is 0 Å². The summed E-state index contributed by atoms with van der Waals surface area (Å²) in [7, 11) is 0. The highest BCUT2D eigenvalue weighted by Crippen LogP contribution is 2.24. The van der Waals surface area contributed by atoms with Crippen molar-refractivity contribution in [2.75, 3.05) is 6.54 Å². The van der Waals surface area contributed by atoms with Gasteiger partial charge in [-0.05, 0) is 44.4 Å². The summed E-state index contributed by atoms with van der Waals surface area (Å²) in [6, 6.07) is 0. The van der Waals surface area contributed by atoms with Crippen molar-refractivity contribution in [3.8, 4) is 5.82 Å². The van der Waals surface area contributed by atoms with Crippen LogP contribution < -0.4 is 0 Å². The molecule has 1 aliphatic rings. The van der Waals surface area contributed by atoms with E-state index in [-0.39, 0.29) is 17.6 Å². The van der Waals surface area contributed by atoms with Crippen LogP contribution >= 0.6 is 11.6 Å². The van der Waals surface area contributed by atoms with E-state index in [1.165, 1.54) is 10.8 Å². The third kappa shape index (κ3) is 3.48. The van der Waals surface area contributed by atoms with Crippen LogP contribution in [0.5, 0.6) is 0 Å². The van der Waals surface area contributed by atoms with Gasteiger partial charge in [0.05, 0.1) is 11.8 Å². The van der Waals surface area contributed by atoms with Gasteiger partial charge in [0.25, 0.3) is 5.91 Å². The second-order valence-corrected chi connectivity index (χ2v) is 6.94. The molecule has 0 fully saturated rings. The maximum Gasteiger partial charge on any atom is 0.417 e. The number of ether oxygens (including phenoxy) is 1. The molecule has 0 atom stereocenters. The molecule has 2 amide bonds. The summed E-state index contributed by atoms with van der Waals surface area (Å²) in [5, 5.41) is -0.107. The summed E-state index contributed by atoms with van der Waals surface area (Å²) < 4.78 is 20.5. The van der Waals surface area contributed by atoms with Gasteiger partial charge in [0.1, 0.15) is 5.60 Å². The molecule has 0 aromatic carbocycles.